The number of carbonyl (C=O) groups is 1. The van der Waals surface area contributed by atoms with Crippen LogP contribution in [0.4, 0.5) is 0 Å². The van der Waals surface area contributed by atoms with Gasteiger partial charge in [-0.1, -0.05) is 13.8 Å². The summed E-state index contributed by atoms with van der Waals surface area (Å²) < 4.78 is 2.09. The second-order valence-electron chi connectivity index (χ2n) is 7.56. The highest BCUT2D eigenvalue weighted by molar-refractivity contribution is 5.77. The molecule has 1 N–H and O–H groups in total. The Labute approximate surface area is 164 Å². The number of pyridine rings is 1. The third kappa shape index (κ3) is 3.56. The van der Waals surface area contributed by atoms with E-state index in [4.69, 9.17) is 0 Å². The molecule has 3 aromatic heterocycles. The molecule has 1 saturated heterocycles. The standard InChI is InChI=1S/C21H26N6O/c1-15(2)21-23-10-13-26(21)12-7-19(28)27-11-3-4-18(27)20-17(14-24-25-20)16-5-8-22-9-6-16/h5-6,8-10,13-15,18H,3-4,7,11-12H2,1-2H3,(H,24,25)/t18-/m0/s1. The van der Waals surface area contributed by atoms with Crippen LogP contribution in [0.15, 0.2) is 43.1 Å². The van der Waals surface area contributed by atoms with E-state index >= 15 is 0 Å². The molecule has 1 fully saturated rings. The molecule has 1 atom stereocenters. The van der Waals surface area contributed by atoms with Crippen molar-refractivity contribution >= 4 is 5.91 Å². The number of hydrogen-bond acceptors (Lipinski definition) is 4. The molecular formula is C21H26N6O. The first-order valence-corrected chi connectivity index (χ1v) is 9.89. The van der Waals surface area contributed by atoms with Crippen LogP contribution < -0.4 is 0 Å². The molecule has 1 amide bonds. The fourth-order valence-corrected chi connectivity index (χ4v) is 4.05. The lowest BCUT2D eigenvalue weighted by atomic mass is 10.0. The van der Waals surface area contributed by atoms with Crippen molar-refractivity contribution in [3.05, 3.63) is 54.6 Å². The highest BCUT2D eigenvalue weighted by atomic mass is 16.2. The number of aryl methyl sites for hydroxylation is 1. The number of nitrogens with one attached hydrogen (secondary N) is 1. The molecule has 1 aliphatic rings. The van der Waals surface area contributed by atoms with Crippen molar-refractivity contribution in [3.63, 3.8) is 0 Å². The van der Waals surface area contributed by atoms with Gasteiger partial charge in [-0.25, -0.2) is 4.98 Å². The summed E-state index contributed by atoms with van der Waals surface area (Å²) in [6.45, 7) is 5.70. The van der Waals surface area contributed by atoms with E-state index in [0.29, 0.717) is 18.9 Å². The molecule has 0 aliphatic carbocycles. The van der Waals surface area contributed by atoms with Gasteiger partial charge in [0, 0.05) is 55.8 Å². The van der Waals surface area contributed by atoms with Crippen LogP contribution in [-0.4, -0.2) is 42.1 Å². The van der Waals surface area contributed by atoms with Crippen molar-refractivity contribution in [2.45, 2.75) is 51.6 Å². The number of imidazole rings is 1. The van der Waals surface area contributed by atoms with Gasteiger partial charge in [0.2, 0.25) is 5.91 Å². The molecule has 0 spiro atoms. The second kappa shape index (κ2) is 7.96. The summed E-state index contributed by atoms with van der Waals surface area (Å²) in [5.74, 6) is 1.55. The van der Waals surface area contributed by atoms with E-state index in [1.807, 2.05) is 35.6 Å². The lowest BCUT2D eigenvalue weighted by Gasteiger charge is -2.25. The molecule has 146 valence electrons. The normalized spacial score (nSPS) is 16.8. The van der Waals surface area contributed by atoms with E-state index in [1.165, 1.54) is 0 Å². The number of H-pyrrole nitrogens is 1. The Morgan fingerprint density at radius 3 is 2.89 bits per heavy atom. The van der Waals surface area contributed by atoms with Crippen LogP contribution in [0.2, 0.25) is 0 Å². The highest BCUT2D eigenvalue weighted by Crippen LogP contribution is 2.36. The van der Waals surface area contributed by atoms with Crippen molar-refractivity contribution < 1.29 is 4.79 Å². The summed E-state index contributed by atoms with van der Waals surface area (Å²) >= 11 is 0. The van der Waals surface area contributed by atoms with Crippen LogP contribution in [-0.2, 0) is 11.3 Å². The predicted molar refractivity (Wildman–Crippen MR) is 106 cm³/mol. The SMILES string of the molecule is CC(C)c1nccn1CCC(=O)N1CCC[C@H]1c1[nH]ncc1-c1ccncc1. The van der Waals surface area contributed by atoms with E-state index in [9.17, 15) is 4.79 Å². The van der Waals surface area contributed by atoms with Gasteiger partial charge < -0.3 is 9.47 Å². The number of aromatic nitrogens is 5. The fraction of sp³-hybridized carbons (Fsp3) is 0.429. The first kappa shape index (κ1) is 18.4. The molecule has 0 radical (unpaired) electrons. The Morgan fingerprint density at radius 1 is 1.29 bits per heavy atom. The third-order valence-corrected chi connectivity index (χ3v) is 5.40. The minimum absolute atomic E-state index is 0.0468. The van der Waals surface area contributed by atoms with E-state index < -0.39 is 0 Å². The average Bonchev–Trinajstić information content (AvgIpc) is 3.46. The lowest BCUT2D eigenvalue weighted by Crippen LogP contribution is -2.31. The van der Waals surface area contributed by atoms with Crippen LogP contribution in [0.5, 0.6) is 0 Å². The van der Waals surface area contributed by atoms with Gasteiger partial charge in [-0.3, -0.25) is 14.9 Å². The van der Waals surface area contributed by atoms with E-state index in [2.05, 4.69) is 38.6 Å². The number of likely N-dealkylation sites (tertiary alicyclic amines) is 1. The maximum atomic E-state index is 13.0. The van der Waals surface area contributed by atoms with Crippen molar-refractivity contribution in [1.82, 2.24) is 29.6 Å². The third-order valence-electron chi connectivity index (χ3n) is 5.40. The molecule has 4 heterocycles. The molecule has 0 bridgehead atoms. The topological polar surface area (TPSA) is 79.7 Å². The summed E-state index contributed by atoms with van der Waals surface area (Å²) in [6.07, 6.45) is 11.6. The van der Waals surface area contributed by atoms with E-state index in [-0.39, 0.29) is 11.9 Å². The quantitative estimate of drug-likeness (QED) is 0.711. The van der Waals surface area contributed by atoms with Gasteiger partial charge in [0.05, 0.1) is 17.9 Å². The number of amides is 1. The predicted octanol–water partition coefficient (Wildman–Crippen LogP) is 3.55. The maximum Gasteiger partial charge on any atom is 0.224 e. The molecule has 0 aromatic carbocycles. The summed E-state index contributed by atoms with van der Waals surface area (Å²) in [5, 5.41) is 7.40. The lowest BCUT2D eigenvalue weighted by molar-refractivity contribution is -0.132. The van der Waals surface area contributed by atoms with Crippen molar-refractivity contribution in [3.8, 4) is 11.1 Å². The van der Waals surface area contributed by atoms with Crippen LogP contribution in [0, 0.1) is 0 Å². The summed E-state index contributed by atoms with van der Waals surface area (Å²) in [4.78, 5) is 23.5. The van der Waals surface area contributed by atoms with Gasteiger partial charge >= 0.3 is 0 Å². The zero-order valence-corrected chi connectivity index (χ0v) is 16.4. The Bertz CT molecular complexity index is 929. The first-order valence-electron chi connectivity index (χ1n) is 9.89. The number of aromatic amines is 1. The zero-order valence-electron chi connectivity index (χ0n) is 16.4. The summed E-state index contributed by atoms with van der Waals surface area (Å²) in [5.41, 5.74) is 3.13. The molecule has 7 nitrogen and oxygen atoms in total. The van der Waals surface area contributed by atoms with Crippen molar-refractivity contribution in [1.29, 1.82) is 0 Å². The number of nitrogens with zero attached hydrogens (tertiary/aromatic N) is 5. The minimum Gasteiger partial charge on any atom is -0.334 e. The first-order chi connectivity index (χ1) is 13.6. The Hall–Kier alpha value is -2.96. The minimum atomic E-state index is 0.0468. The van der Waals surface area contributed by atoms with Gasteiger partial charge in [0.15, 0.2) is 0 Å². The summed E-state index contributed by atoms with van der Waals surface area (Å²) in [7, 11) is 0. The van der Waals surface area contributed by atoms with Gasteiger partial charge in [-0.15, -0.1) is 0 Å². The van der Waals surface area contributed by atoms with Gasteiger partial charge in [-0.05, 0) is 30.5 Å². The molecule has 1 aliphatic heterocycles. The average molecular weight is 378 g/mol. The van der Waals surface area contributed by atoms with E-state index in [0.717, 1.165) is 42.0 Å². The van der Waals surface area contributed by atoms with Crippen LogP contribution in [0.3, 0.4) is 0 Å². The highest BCUT2D eigenvalue weighted by Gasteiger charge is 2.32. The Balaban J connectivity index is 1.49. The van der Waals surface area contributed by atoms with Crippen molar-refractivity contribution in [2.24, 2.45) is 0 Å². The molecule has 3 aromatic rings. The Morgan fingerprint density at radius 2 is 2.11 bits per heavy atom. The van der Waals surface area contributed by atoms with Gasteiger partial charge in [0.1, 0.15) is 5.82 Å². The molecule has 4 rings (SSSR count). The molecule has 0 saturated carbocycles. The van der Waals surface area contributed by atoms with Crippen LogP contribution in [0.25, 0.3) is 11.1 Å². The number of hydrogen-bond donors (Lipinski definition) is 1. The number of rotatable bonds is 6. The smallest absolute Gasteiger partial charge is 0.224 e. The molecule has 0 unspecified atom stereocenters. The zero-order chi connectivity index (χ0) is 19.5. The van der Waals surface area contributed by atoms with Gasteiger partial charge in [0.25, 0.3) is 0 Å². The fourth-order valence-electron chi connectivity index (χ4n) is 4.05. The molecule has 28 heavy (non-hydrogen) atoms. The monoisotopic (exact) mass is 378 g/mol. The number of carbonyl (C=O) groups excluding carboxylic acids is 1. The molecular weight excluding hydrogens is 352 g/mol. The molecule has 7 heteroatoms. The van der Waals surface area contributed by atoms with Gasteiger partial charge in [-0.2, -0.15) is 5.10 Å². The maximum absolute atomic E-state index is 13.0. The summed E-state index contributed by atoms with van der Waals surface area (Å²) in [6, 6.07) is 4.00. The largest absolute Gasteiger partial charge is 0.334 e. The Kier molecular flexibility index (Phi) is 5.23. The van der Waals surface area contributed by atoms with Crippen LogP contribution in [0.1, 0.15) is 56.6 Å². The van der Waals surface area contributed by atoms with Crippen molar-refractivity contribution in [2.75, 3.05) is 6.54 Å². The van der Waals surface area contributed by atoms with E-state index in [1.54, 1.807) is 12.4 Å². The van der Waals surface area contributed by atoms with Crippen LogP contribution >= 0.6 is 0 Å². The second-order valence-corrected chi connectivity index (χ2v) is 7.56.